The number of rotatable bonds is 9. The lowest BCUT2D eigenvalue weighted by atomic mass is 10.1. The van der Waals surface area contributed by atoms with Crippen LogP contribution in [0.15, 0.2) is 107 Å². The SMILES string of the molecule is Cc1ccc(S(=O)(=O)Nc2c(C(=O)NCCc3ccccc3)c3nc4ccccc4nc3n2Cc2ccco2)cc1. The molecule has 3 heterocycles. The summed E-state index contributed by atoms with van der Waals surface area (Å²) >= 11 is 0. The number of hydrogen-bond acceptors (Lipinski definition) is 6. The van der Waals surface area contributed by atoms with Gasteiger partial charge >= 0.3 is 0 Å². The summed E-state index contributed by atoms with van der Waals surface area (Å²) in [6.07, 6.45) is 2.14. The average molecular weight is 566 g/mol. The highest BCUT2D eigenvalue weighted by molar-refractivity contribution is 7.92. The Balaban J connectivity index is 1.50. The Morgan fingerprint density at radius 3 is 2.29 bits per heavy atom. The van der Waals surface area contributed by atoms with Crippen molar-refractivity contribution in [3.8, 4) is 0 Å². The Labute approximate surface area is 236 Å². The van der Waals surface area contributed by atoms with Gasteiger partial charge in [0.25, 0.3) is 15.9 Å². The van der Waals surface area contributed by atoms with Gasteiger partial charge in [0, 0.05) is 6.54 Å². The maximum Gasteiger partial charge on any atom is 0.263 e. The Morgan fingerprint density at radius 1 is 0.878 bits per heavy atom. The van der Waals surface area contributed by atoms with E-state index in [0.717, 1.165) is 11.1 Å². The summed E-state index contributed by atoms with van der Waals surface area (Å²) in [5.41, 5.74) is 3.93. The fourth-order valence-corrected chi connectivity index (χ4v) is 5.77. The molecule has 0 aliphatic rings. The first kappa shape index (κ1) is 26.3. The fraction of sp³-hybridized carbons (Fsp3) is 0.129. The molecule has 3 aromatic heterocycles. The van der Waals surface area contributed by atoms with Gasteiger partial charge in [0.15, 0.2) is 5.65 Å². The quantitative estimate of drug-likeness (QED) is 0.245. The molecule has 9 nitrogen and oxygen atoms in total. The highest BCUT2D eigenvalue weighted by Crippen LogP contribution is 2.32. The first-order valence-electron chi connectivity index (χ1n) is 13.1. The molecule has 0 fully saturated rings. The smallest absolute Gasteiger partial charge is 0.263 e. The van der Waals surface area contributed by atoms with Crippen LogP contribution in [0.25, 0.3) is 22.2 Å². The molecule has 0 bridgehead atoms. The molecule has 0 atom stereocenters. The number of hydrogen-bond donors (Lipinski definition) is 2. The number of anilines is 1. The van der Waals surface area contributed by atoms with Crippen molar-refractivity contribution in [3.05, 3.63) is 120 Å². The molecule has 0 spiro atoms. The third-order valence-corrected chi connectivity index (χ3v) is 8.13. The summed E-state index contributed by atoms with van der Waals surface area (Å²) in [7, 11) is -4.08. The van der Waals surface area contributed by atoms with Crippen LogP contribution in [0.2, 0.25) is 0 Å². The molecule has 0 saturated heterocycles. The minimum absolute atomic E-state index is 0.0597. The molecule has 0 unspecified atom stereocenters. The first-order valence-corrected chi connectivity index (χ1v) is 14.6. The summed E-state index contributed by atoms with van der Waals surface area (Å²) < 4.78 is 37.2. The van der Waals surface area contributed by atoms with Crippen LogP contribution in [0.4, 0.5) is 5.82 Å². The molecule has 0 aliphatic carbocycles. The predicted octanol–water partition coefficient (Wildman–Crippen LogP) is 5.31. The van der Waals surface area contributed by atoms with E-state index in [1.165, 1.54) is 18.4 Å². The molecule has 6 rings (SSSR count). The van der Waals surface area contributed by atoms with Crippen molar-refractivity contribution in [1.82, 2.24) is 19.9 Å². The number of benzene rings is 3. The Kier molecular flexibility index (Phi) is 6.98. The Bertz CT molecular complexity index is 1950. The summed E-state index contributed by atoms with van der Waals surface area (Å²) in [6.45, 7) is 2.35. The fourth-order valence-electron chi connectivity index (χ4n) is 4.69. The monoisotopic (exact) mass is 565 g/mol. The Hall–Kier alpha value is -4.96. The minimum atomic E-state index is -4.08. The Morgan fingerprint density at radius 2 is 1.59 bits per heavy atom. The second-order valence-corrected chi connectivity index (χ2v) is 11.4. The number of carbonyl (C=O) groups excluding carboxylic acids is 1. The maximum atomic E-state index is 13.8. The summed E-state index contributed by atoms with van der Waals surface area (Å²) in [5, 5.41) is 2.95. The third-order valence-electron chi connectivity index (χ3n) is 6.78. The van der Waals surface area contributed by atoms with Crippen LogP contribution >= 0.6 is 0 Å². The second-order valence-electron chi connectivity index (χ2n) is 9.68. The van der Waals surface area contributed by atoms with Crippen molar-refractivity contribution < 1.29 is 17.6 Å². The van der Waals surface area contributed by atoms with Crippen molar-refractivity contribution >= 4 is 43.9 Å². The predicted molar refractivity (Wildman–Crippen MR) is 157 cm³/mol. The molecule has 1 amide bonds. The molecule has 2 N–H and O–H groups in total. The number of para-hydroxylation sites is 2. The molecule has 3 aromatic carbocycles. The van der Waals surface area contributed by atoms with Crippen molar-refractivity contribution in [2.24, 2.45) is 0 Å². The van der Waals surface area contributed by atoms with E-state index < -0.39 is 15.9 Å². The third kappa shape index (κ3) is 5.42. The molecule has 0 radical (unpaired) electrons. The summed E-state index contributed by atoms with van der Waals surface area (Å²) in [5.74, 6) is 0.156. The van der Waals surface area contributed by atoms with Crippen LogP contribution in [-0.2, 0) is 23.0 Å². The van der Waals surface area contributed by atoms with Crippen molar-refractivity contribution in [3.63, 3.8) is 0 Å². The molecule has 10 heteroatoms. The number of sulfonamides is 1. The minimum Gasteiger partial charge on any atom is -0.467 e. The number of aryl methyl sites for hydroxylation is 1. The number of nitrogens with zero attached hydrogens (tertiary/aromatic N) is 3. The largest absolute Gasteiger partial charge is 0.467 e. The van der Waals surface area contributed by atoms with E-state index in [1.54, 1.807) is 34.9 Å². The summed E-state index contributed by atoms with van der Waals surface area (Å²) in [4.78, 5) is 23.5. The van der Waals surface area contributed by atoms with E-state index in [2.05, 4.69) is 10.0 Å². The normalized spacial score (nSPS) is 11.6. The zero-order chi connectivity index (χ0) is 28.4. The van der Waals surface area contributed by atoms with Gasteiger partial charge in [-0.25, -0.2) is 18.4 Å². The second kappa shape index (κ2) is 10.9. The number of amides is 1. The molecule has 0 saturated carbocycles. The zero-order valence-electron chi connectivity index (χ0n) is 22.2. The molecule has 6 aromatic rings. The van der Waals surface area contributed by atoms with Gasteiger partial charge < -0.3 is 14.3 Å². The van der Waals surface area contributed by atoms with E-state index in [4.69, 9.17) is 14.4 Å². The zero-order valence-corrected chi connectivity index (χ0v) is 23.1. The molecular weight excluding hydrogens is 538 g/mol. The van der Waals surface area contributed by atoms with Gasteiger partial charge in [0.05, 0.1) is 28.7 Å². The first-order chi connectivity index (χ1) is 19.9. The maximum absolute atomic E-state index is 13.8. The van der Waals surface area contributed by atoms with Gasteiger partial charge in [-0.15, -0.1) is 0 Å². The number of carbonyl (C=O) groups is 1. The highest BCUT2D eigenvalue weighted by Gasteiger charge is 2.29. The standard InChI is InChI=1S/C31H27N5O4S/c1-21-13-15-24(16-14-21)41(38,39)35-29-27(31(37)32-18-17-22-8-3-2-4-9-22)28-30(36(29)20-23-10-7-19-40-23)34-26-12-6-5-11-25(26)33-28/h2-16,19,35H,17-18,20H2,1H3,(H,32,37). The number of fused-ring (bicyclic) bond motifs is 2. The van der Waals surface area contributed by atoms with Crippen LogP contribution in [0, 0.1) is 6.92 Å². The van der Waals surface area contributed by atoms with Gasteiger partial charge in [-0.1, -0.05) is 60.2 Å². The molecule has 206 valence electrons. The van der Waals surface area contributed by atoms with Crippen molar-refractivity contribution in [2.75, 3.05) is 11.3 Å². The van der Waals surface area contributed by atoms with E-state index in [-0.39, 0.29) is 28.3 Å². The highest BCUT2D eigenvalue weighted by atomic mass is 32.2. The van der Waals surface area contributed by atoms with E-state index in [0.29, 0.717) is 35.4 Å². The van der Waals surface area contributed by atoms with E-state index in [9.17, 15) is 13.2 Å². The lowest BCUT2D eigenvalue weighted by Gasteiger charge is -2.14. The van der Waals surface area contributed by atoms with Crippen molar-refractivity contribution in [1.29, 1.82) is 0 Å². The lowest BCUT2D eigenvalue weighted by molar-refractivity contribution is 0.0956. The van der Waals surface area contributed by atoms with Gasteiger partial charge in [0.1, 0.15) is 22.7 Å². The average Bonchev–Trinajstić information content (AvgIpc) is 3.59. The molecule has 0 aliphatic heterocycles. The van der Waals surface area contributed by atoms with Crippen LogP contribution in [-0.4, -0.2) is 35.4 Å². The van der Waals surface area contributed by atoms with Gasteiger partial charge in [-0.2, -0.15) is 0 Å². The lowest BCUT2D eigenvalue weighted by Crippen LogP contribution is -2.27. The van der Waals surface area contributed by atoms with Crippen LogP contribution in [0.3, 0.4) is 0 Å². The summed E-state index contributed by atoms with van der Waals surface area (Å²) in [6, 6.07) is 27.1. The van der Waals surface area contributed by atoms with E-state index in [1.807, 2.05) is 55.5 Å². The van der Waals surface area contributed by atoms with Crippen LogP contribution in [0.1, 0.15) is 27.2 Å². The van der Waals surface area contributed by atoms with Crippen molar-refractivity contribution in [2.45, 2.75) is 24.8 Å². The number of furan rings is 1. The van der Waals surface area contributed by atoms with Crippen LogP contribution in [0.5, 0.6) is 0 Å². The van der Waals surface area contributed by atoms with E-state index >= 15 is 0 Å². The molecule has 41 heavy (non-hydrogen) atoms. The van der Waals surface area contributed by atoms with Gasteiger partial charge in [0.2, 0.25) is 0 Å². The number of aromatic nitrogens is 3. The van der Waals surface area contributed by atoms with Gasteiger partial charge in [-0.05, 0) is 55.3 Å². The van der Waals surface area contributed by atoms with Gasteiger partial charge in [-0.3, -0.25) is 9.52 Å². The molecular formula is C31H27N5O4S. The number of nitrogens with one attached hydrogen (secondary N) is 2. The van der Waals surface area contributed by atoms with Crippen LogP contribution < -0.4 is 10.0 Å². The topological polar surface area (TPSA) is 119 Å².